The maximum Gasteiger partial charge on any atom is 0.119 e. The number of hydrogen-bond acceptors (Lipinski definition) is 3. The van der Waals surface area contributed by atoms with E-state index in [1.807, 2.05) is 30.5 Å². The maximum atomic E-state index is 10.4. The topological polar surface area (TPSA) is 47.3 Å². The van der Waals surface area contributed by atoms with Gasteiger partial charge in [0.2, 0.25) is 0 Å². The molecule has 4 nitrogen and oxygen atoms in total. The summed E-state index contributed by atoms with van der Waals surface area (Å²) in [4.78, 5) is 4.34. The minimum Gasteiger partial charge on any atom is -0.494 e. The lowest BCUT2D eigenvalue weighted by atomic mass is 10.1. The van der Waals surface area contributed by atoms with Crippen molar-refractivity contribution < 1.29 is 9.84 Å². The summed E-state index contributed by atoms with van der Waals surface area (Å²) in [6, 6.07) is 7.66. The minimum absolute atomic E-state index is 0.530. The number of aliphatic hydroxyl groups excluding tert-OH is 1. The standard InChI is InChI=1S/C17H24N2O2/c1-3-10-19-11-9-18-17(19)13-16(20)14-5-7-15(8-6-14)21-12-4-2/h5-9,11,16,20H,3-4,10,12-13H2,1-2H3. The number of nitrogens with zero attached hydrogens (tertiary/aromatic N) is 2. The van der Waals surface area contributed by atoms with Gasteiger partial charge >= 0.3 is 0 Å². The molecular formula is C17H24N2O2. The average Bonchev–Trinajstić information content (AvgIpc) is 2.93. The second-order valence-corrected chi connectivity index (χ2v) is 5.17. The van der Waals surface area contributed by atoms with Crippen LogP contribution in [0.5, 0.6) is 5.75 Å². The van der Waals surface area contributed by atoms with Crippen LogP contribution in [0.2, 0.25) is 0 Å². The molecule has 21 heavy (non-hydrogen) atoms. The van der Waals surface area contributed by atoms with Crippen LogP contribution in [0.25, 0.3) is 0 Å². The highest BCUT2D eigenvalue weighted by Crippen LogP contribution is 2.21. The quantitative estimate of drug-likeness (QED) is 0.810. The molecule has 0 spiro atoms. The Kier molecular flexibility index (Phi) is 5.81. The Labute approximate surface area is 126 Å². The highest BCUT2D eigenvalue weighted by Gasteiger charge is 2.12. The maximum absolute atomic E-state index is 10.4. The van der Waals surface area contributed by atoms with Crippen molar-refractivity contribution in [2.75, 3.05) is 6.61 Å². The Morgan fingerprint density at radius 2 is 1.95 bits per heavy atom. The Morgan fingerprint density at radius 1 is 1.19 bits per heavy atom. The summed E-state index contributed by atoms with van der Waals surface area (Å²) >= 11 is 0. The summed E-state index contributed by atoms with van der Waals surface area (Å²) in [6.45, 7) is 5.87. The van der Waals surface area contributed by atoms with E-state index in [9.17, 15) is 5.11 Å². The van der Waals surface area contributed by atoms with E-state index in [-0.39, 0.29) is 0 Å². The molecule has 1 heterocycles. The first-order chi connectivity index (χ1) is 10.2. The number of aliphatic hydroxyl groups is 1. The predicted octanol–water partition coefficient (Wildman–Crippen LogP) is 3.36. The molecule has 0 aliphatic carbocycles. The molecule has 1 atom stereocenters. The zero-order chi connectivity index (χ0) is 15.1. The molecule has 0 bridgehead atoms. The van der Waals surface area contributed by atoms with E-state index in [0.29, 0.717) is 6.42 Å². The number of hydrogen-bond donors (Lipinski definition) is 1. The Bertz CT molecular complexity index is 534. The molecule has 0 saturated carbocycles. The molecule has 0 aliphatic rings. The third-order valence-electron chi connectivity index (χ3n) is 3.38. The molecule has 2 rings (SSSR count). The van der Waals surface area contributed by atoms with Crippen LogP contribution in [0.15, 0.2) is 36.7 Å². The van der Waals surface area contributed by atoms with Crippen LogP contribution in [0.4, 0.5) is 0 Å². The molecule has 0 amide bonds. The van der Waals surface area contributed by atoms with Crippen LogP contribution in [0, 0.1) is 0 Å². The van der Waals surface area contributed by atoms with E-state index in [2.05, 4.69) is 23.4 Å². The molecule has 0 radical (unpaired) electrons. The van der Waals surface area contributed by atoms with Crippen LogP contribution in [0.3, 0.4) is 0 Å². The van der Waals surface area contributed by atoms with Gasteiger partial charge in [-0.15, -0.1) is 0 Å². The molecule has 0 saturated heterocycles. The van der Waals surface area contributed by atoms with Crippen molar-refractivity contribution in [1.82, 2.24) is 9.55 Å². The second kappa shape index (κ2) is 7.84. The van der Waals surface area contributed by atoms with Crippen LogP contribution in [0.1, 0.15) is 44.2 Å². The first-order valence-electron chi connectivity index (χ1n) is 7.65. The zero-order valence-electron chi connectivity index (χ0n) is 12.8. The molecule has 1 aromatic carbocycles. The van der Waals surface area contributed by atoms with Gasteiger partial charge in [0.05, 0.1) is 12.7 Å². The van der Waals surface area contributed by atoms with Crippen LogP contribution < -0.4 is 4.74 Å². The first kappa shape index (κ1) is 15.6. The minimum atomic E-state index is -0.539. The van der Waals surface area contributed by atoms with Crippen molar-refractivity contribution in [2.24, 2.45) is 0 Å². The molecule has 2 aromatic rings. The number of benzene rings is 1. The van der Waals surface area contributed by atoms with Crippen molar-refractivity contribution in [3.8, 4) is 5.75 Å². The molecule has 114 valence electrons. The monoisotopic (exact) mass is 288 g/mol. The van der Waals surface area contributed by atoms with Gasteiger partial charge in [-0.1, -0.05) is 26.0 Å². The van der Waals surface area contributed by atoms with Gasteiger partial charge in [-0.3, -0.25) is 0 Å². The SMILES string of the molecule is CCCOc1ccc(C(O)Cc2nccn2CCC)cc1. The number of aromatic nitrogens is 2. The molecule has 0 aliphatic heterocycles. The van der Waals surface area contributed by atoms with Crippen molar-refractivity contribution in [3.05, 3.63) is 48.0 Å². The van der Waals surface area contributed by atoms with E-state index in [1.54, 1.807) is 6.20 Å². The molecule has 0 fully saturated rings. The van der Waals surface area contributed by atoms with Gasteiger partial charge in [0, 0.05) is 25.4 Å². The van der Waals surface area contributed by atoms with Gasteiger partial charge in [0.15, 0.2) is 0 Å². The van der Waals surface area contributed by atoms with Crippen molar-refractivity contribution in [1.29, 1.82) is 0 Å². The van der Waals surface area contributed by atoms with Crippen LogP contribution >= 0.6 is 0 Å². The predicted molar refractivity (Wildman–Crippen MR) is 83.4 cm³/mol. The first-order valence-corrected chi connectivity index (χ1v) is 7.65. The highest BCUT2D eigenvalue weighted by atomic mass is 16.5. The lowest BCUT2D eigenvalue weighted by molar-refractivity contribution is 0.174. The third kappa shape index (κ3) is 4.33. The van der Waals surface area contributed by atoms with E-state index in [0.717, 1.165) is 43.1 Å². The number of ether oxygens (including phenoxy) is 1. The van der Waals surface area contributed by atoms with E-state index < -0.39 is 6.10 Å². The van der Waals surface area contributed by atoms with Gasteiger partial charge in [0.1, 0.15) is 11.6 Å². The van der Waals surface area contributed by atoms with Gasteiger partial charge in [0.25, 0.3) is 0 Å². The summed E-state index contributed by atoms with van der Waals surface area (Å²) in [5.41, 5.74) is 0.893. The van der Waals surface area contributed by atoms with Crippen LogP contribution in [-0.4, -0.2) is 21.3 Å². The normalized spacial score (nSPS) is 12.3. The Morgan fingerprint density at radius 3 is 2.62 bits per heavy atom. The van der Waals surface area contributed by atoms with Crippen molar-refractivity contribution >= 4 is 0 Å². The lowest BCUT2D eigenvalue weighted by Crippen LogP contribution is -2.09. The number of rotatable bonds is 8. The number of imidazole rings is 1. The van der Waals surface area contributed by atoms with Gasteiger partial charge in [-0.2, -0.15) is 0 Å². The van der Waals surface area contributed by atoms with E-state index in [1.165, 1.54) is 0 Å². The van der Waals surface area contributed by atoms with Crippen molar-refractivity contribution in [2.45, 2.75) is 45.8 Å². The summed E-state index contributed by atoms with van der Waals surface area (Å²) in [6.07, 6.45) is 5.80. The largest absolute Gasteiger partial charge is 0.494 e. The molecule has 1 unspecified atom stereocenters. The second-order valence-electron chi connectivity index (χ2n) is 5.17. The highest BCUT2D eigenvalue weighted by molar-refractivity contribution is 5.29. The van der Waals surface area contributed by atoms with Crippen LogP contribution in [-0.2, 0) is 13.0 Å². The molecule has 4 heteroatoms. The number of aryl methyl sites for hydroxylation is 1. The fraction of sp³-hybridized carbons (Fsp3) is 0.471. The molecule has 1 aromatic heterocycles. The molecule has 1 N–H and O–H groups in total. The average molecular weight is 288 g/mol. The Balaban J connectivity index is 1.99. The van der Waals surface area contributed by atoms with Gasteiger partial charge in [-0.25, -0.2) is 4.98 Å². The fourth-order valence-corrected chi connectivity index (χ4v) is 2.27. The van der Waals surface area contributed by atoms with Crippen molar-refractivity contribution in [3.63, 3.8) is 0 Å². The smallest absolute Gasteiger partial charge is 0.119 e. The summed E-state index contributed by atoms with van der Waals surface area (Å²) in [7, 11) is 0. The third-order valence-corrected chi connectivity index (χ3v) is 3.38. The molecular weight excluding hydrogens is 264 g/mol. The fourth-order valence-electron chi connectivity index (χ4n) is 2.27. The summed E-state index contributed by atoms with van der Waals surface area (Å²) in [5, 5.41) is 10.4. The van der Waals surface area contributed by atoms with E-state index >= 15 is 0 Å². The van der Waals surface area contributed by atoms with Gasteiger partial charge in [-0.05, 0) is 30.5 Å². The lowest BCUT2D eigenvalue weighted by Gasteiger charge is -2.13. The Hall–Kier alpha value is -1.81. The summed E-state index contributed by atoms with van der Waals surface area (Å²) < 4.78 is 7.65. The van der Waals surface area contributed by atoms with Gasteiger partial charge < -0.3 is 14.4 Å². The van der Waals surface area contributed by atoms with E-state index in [4.69, 9.17) is 4.74 Å². The summed E-state index contributed by atoms with van der Waals surface area (Å²) in [5.74, 6) is 1.77. The zero-order valence-corrected chi connectivity index (χ0v) is 12.8.